The molecule has 5 nitrogen and oxygen atoms in total. The van der Waals surface area contributed by atoms with Gasteiger partial charge in [0, 0.05) is 23.7 Å². The Morgan fingerprint density at radius 2 is 1.95 bits per heavy atom. The summed E-state index contributed by atoms with van der Waals surface area (Å²) in [7, 11) is 0. The van der Waals surface area contributed by atoms with E-state index in [1.807, 2.05) is 0 Å². The van der Waals surface area contributed by atoms with Gasteiger partial charge in [-0.05, 0) is 24.8 Å². The molecule has 1 fully saturated rings. The van der Waals surface area contributed by atoms with Crippen LogP contribution in [-0.2, 0) is 0 Å². The molecular formula is C13H19ClN2O3. The first-order chi connectivity index (χ1) is 8.59. The number of nitro groups is 1. The van der Waals surface area contributed by atoms with Crippen molar-refractivity contribution in [3.05, 3.63) is 33.9 Å². The van der Waals surface area contributed by atoms with Crippen LogP contribution < -0.4 is 5.73 Å². The predicted octanol–water partition coefficient (Wildman–Crippen LogP) is 3.30. The lowest BCUT2D eigenvalue weighted by atomic mass is 9.81. The summed E-state index contributed by atoms with van der Waals surface area (Å²) < 4.78 is 0. The van der Waals surface area contributed by atoms with E-state index in [2.05, 4.69) is 0 Å². The standard InChI is InChI=1S/C13H18N2O3.ClH/c14-13(9-4-2-1-3-5-9)11-8-10(15(17)18)6-7-12(11)16;/h6-9,13,16H,1-5,14H2;1H/t13-;/m1./s1. The number of non-ortho nitro benzene ring substituents is 1. The fourth-order valence-corrected chi connectivity index (χ4v) is 2.67. The molecule has 1 aromatic carbocycles. The van der Waals surface area contributed by atoms with Gasteiger partial charge in [0.25, 0.3) is 5.69 Å². The zero-order valence-electron chi connectivity index (χ0n) is 10.6. The Kier molecular flexibility index (Phi) is 5.57. The maximum Gasteiger partial charge on any atom is 0.270 e. The third-order valence-corrected chi connectivity index (χ3v) is 3.74. The minimum absolute atomic E-state index is 0. The van der Waals surface area contributed by atoms with E-state index in [9.17, 15) is 15.2 Å². The largest absolute Gasteiger partial charge is 0.508 e. The van der Waals surface area contributed by atoms with E-state index >= 15 is 0 Å². The molecule has 0 saturated heterocycles. The van der Waals surface area contributed by atoms with Crippen LogP contribution in [0.1, 0.15) is 43.7 Å². The Labute approximate surface area is 118 Å². The summed E-state index contributed by atoms with van der Waals surface area (Å²) in [5.41, 5.74) is 6.63. The monoisotopic (exact) mass is 286 g/mol. The number of halogens is 1. The van der Waals surface area contributed by atoms with Gasteiger partial charge in [-0.15, -0.1) is 12.4 Å². The van der Waals surface area contributed by atoms with Crippen molar-refractivity contribution in [3.63, 3.8) is 0 Å². The number of aromatic hydroxyl groups is 1. The maximum atomic E-state index is 10.7. The second-order valence-corrected chi connectivity index (χ2v) is 4.92. The van der Waals surface area contributed by atoms with Crippen LogP contribution in [0.25, 0.3) is 0 Å². The quantitative estimate of drug-likeness (QED) is 0.659. The molecule has 2 rings (SSSR count). The lowest BCUT2D eigenvalue weighted by Gasteiger charge is -2.28. The number of phenolic OH excluding ortho intramolecular Hbond substituents is 1. The van der Waals surface area contributed by atoms with Crippen molar-refractivity contribution in [2.75, 3.05) is 0 Å². The van der Waals surface area contributed by atoms with Crippen LogP contribution in [0, 0.1) is 16.0 Å². The highest BCUT2D eigenvalue weighted by atomic mass is 35.5. The molecule has 0 spiro atoms. The molecule has 0 heterocycles. The van der Waals surface area contributed by atoms with Crippen LogP contribution in [0.15, 0.2) is 18.2 Å². The van der Waals surface area contributed by atoms with E-state index in [1.165, 1.54) is 24.6 Å². The van der Waals surface area contributed by atoms with Crippen molar-refractivity contribution in [3.8, 4) is 5.75 Å². The molecular weight excluding hydrogens is 268 g/mol. The van der Waals surface area contributed by atoms with Gasteiger partial charge < -0.3 is 10.8 Å². The van der Waals surface area contributed by atoms with E-state index in [-0.39, 0.29) is 29.9 Å². The lowest BCUT2D eigenvalue weighted by molar-refractivity contribution is -0.385. The lowest BCUT2D eigenvalue weighted by Crippen LogP contribution is -2.23. The third kappa shape index (κ3) is 3.58. The van der Waals surface area contributed by atoms with Gasteiger partial charge >= 0.3 is 0 Å². The van der Waals surface area contributed by atoms with Gasteiger partial charge in [-0.1, -0.05) is 19.3 Å². The Balaban J connectivity index is 0.00000180. The number of rotatable bonds is 3. The molecule has 19 heavy (non-hydrogen) atoms. The summed E-state index contributed by atoms with van der Waals surface area (Å²) in [5, 5.41) is 20.6. The summed E-state index contributed by atoms with van der Waals surface area (Å²) >= 11 is 0. The highest BCUT2D eigenvalue weighted by Gasteiger charge is 2.25. The number of phenols is 1. The highest BCUT2D eigenvalue weighted by Crippen LogP contribution is 2.37. The first kappa shape index (κ1) is 15.7. The normalized spacial score (nSPS) is 17.5. The molecule has 1 atom stereocenters. The minimum Gasteiger partial charge on any atom is -0.508 e. The topological polar surface area (TPSA) is 89.4 Å². The molecule has 0 amide bonds. The molecule has 1 aliphatic carbocycles. The summed E-state index contributed by atoms with van der Waals surface area (Å²) in [4.78, 5) is 10.3. The maximum absolute atomic E-state index is 10.7. The number of hydrogen-bond donors (Lipinski definition) is 2. The molecule has 1 aromatic rings. The van der Waals surface area contributed by atoms with Crippen LogP contribution in [0.2, 0.25) is 0 Å². The van der Waals surface area contributed by atoms with Gasteiger partial charge in [-0.2, -0.15) is 0 Å². The fourth-order valence-electron chi connectivity index (χ4n) is 2.67. The van der Waals surface area contributed by atoms with Crippen molar-refractivity contribution in [1.29, 1.82) is 0 Å². The Morgan fingerprint density at radius 3 is 2.53 bits per heavy atom. The number of nitrogens with zero attached hydrogens (tertiary/aromatic N) is 1. The van der Waals surface area contributed by atoms with Crippen LogP contribution in [0.3, 0.4) is 0 Å². The summed E-state index contributed by atoms with van der Waals surface area (Å²) in [6.07, 6.45) is 5.58. The van der Waals surface area contributed by atoms with Crippen molar-refractivity contribution >= 4 is 18.1 Å². The van der Waals surface area contributed by atoms with Crippen molar-refractivity contribution < 1.29 is 10.0 Å². The molecule has 0 bridgehead atoms. The van der Waals surface area contributed by atoms with Crippen molar-refractivity contribution in [1.82, 2.24) is 0 Å². The summed E-state index contributed by atoms with van der Waals surface area (Å²) in [6.45, 7) is 0. The molecule has 3 N–H and O–H groups in total. The van der Waals surface area contributed by atoms with Crippen LogP contribution >= 0.6 is 12.4 Å². The van der Waals surface area contributed by atoms with Gasteiger partial charge in [-0.3, -0.25) is 10.1 Å². The van der Waals surface area contributed by atoms with Crippen molar-refractivity contribution in [2.24, 2.45) is 11.7 Å². The van der Waals surface area contributed by atoms with Crippen LogP contribution in [0.4, 0.5) is 5.69 Å². The van der Waals surface area contributed by atoms with Gasteiger partial charge in [0.2, 0.25) is 0 Å². The minimum atomic E-state index is -0.462. The van der Waals surface area contributed by atoms with Crippen molar-refractivity contribution in [2.45, 2.75) is 38.1 Å². The molecule has 0 aromatic heterocycles. The van der Waals surface area contributed by atoms with Crippen LogP contribution in [-0.4, -0.2) is 10.0 Å². The second kappa shape index (κ2) is 6.73. The smallest absolute Gasteiger partial charge is 0.270 e. The molecule has 1 saturated carbocycles. The van der Waals surface area contributed by atoms with E-state index in [0.717, 1.165) is 25.7 Å². The van der Waals surface area contributed by atoms with E-state index in [4.69, 9.17) is 5.73 Å². The predicted molar refractivity (Wildman–Crippen MR) is 75.5 cm³/mol. The first-order valence-electron chi connectivity index (χ1n) is 6.32. The molecule has 0 aliphatic heterocycles. The van der Waals surface area contributed by atoms with E-state index in [0.29, 0.717) is 11.5 Å². The molecule has 0 unspecified atom stereocenters. The second-order valence-electron chi connectivity index (χ2n) is 4.92. The number of benzene rings is 1. The zero-order chi connectivity index (χ0) is 13.1. The molecule has 106 valence electrons. The zero-order valence-corrected chi connectivity index (χ0v) is 11.4. The average Bonchev–Trinajstić information content (AvgIpc) is 2.39. The number of nitro benzene ring substituents is 1. The molecule has 6 heteroatoms. The van der Waals surface area contributed by atoms with Gasteiger partial charge in [-0.25, -0.2) is 0 Å². The Morgan fingerprint density at radius 1 is 1.32 bits per heavy atom. The van der Waals surface area contributed by atoms with E-state index in [1.54, 1.807) is 0 Å². The van der Waals surface area contributed by atoms with Crippen LogP contribution in [0.5, 0.6) is 5.75 Å². The number of hydrogen-bond acceptors (Lipinski definition) is 4. The average molecular weight is 287 g/mol. The molecule has 0 radical (unpaired) electrons. The van der Waals surface area contributed by atoms with Gasteiger partial charge in [0.15, 0.2) is 0 Å². The van der Waals surface area contributed by atoms with E-state index < -0.39 is 4.92 Å². The highest BCUT2D eigenvalue weighted by molar-refractivity contribution is 5.85. The fraction of sp³-hybridized carbons (Fsp3) is 0.538. The SMILES string of the molecule is Cl.N[C@@H](c1cc([N+](=O)[O-])ccc1O)C1CCCCC1. The number of nitrogens with two attached hydrogens (primary N) is 1. The Bertz CT molecular complexity index is 448. The Hall–Kier alpha value is -1.33. The summed E-state index contributed by atoms with van der Waals surface area (Å²) in [5.74, 6) is 0.366. The summed E-state index contributed by atoms with van der Waals surface area (Å²) in [6, 6.07) is 3.74. The van der Waals surface area contributed by atoms with Gasteiger partial charge in [0.05, 0.1) is 4.92 Å². The first-order valence-corrected chi connectivity index (χ1v) is 6.32. The third-order valence-electron chi connectivity index (χ3n) is 3.74. The molecule has 1 aliphatic rings. The van der Waals surface area contributed by atoms with Gasteiger partial charge in [0.1, 0.15) is 5.75 Å².